The maximum absolute atomic E-state index is 12.5. The Hall–Kier alpha value is -3.26. The molecule has 0 aliphatic carbocycles. The first-order valence-corrected chi connectivity index (χ1v) is 9.32. The van der Waals surface area contributed by atoms with Gasteiger partial charge in [0.15, 0.2) is 0 Å². The van der Waals surface area contributed by atoms with E-state index in [-0.39, 0.29) is 24.1 Å². The molecule has 0 aliphatic heterocycles. The van der Waals surface area contributed by atoms with E-state index in [1.165, 1.54) is 22.2 Å². The average Bonchev–Trinajstić information content (AvgIpc) is 3.36. The molecule has 3 heterocycles. The van der Waals surface area contributed by atoms with Crippen LogP contribution in [-0.4, -0.2) is 25.2 Å². The zero-order chi connectivity index (χ0) is 18.8. The third kappa shape index (κ3) is 3.39. The van der Waals surface area contributed by atoms with Crippen LogP contribution < -0.4 is 10.9 Å². The summed E-state index contributed by atoms with van der Waals surface area (Å²) in [5.41, 5.74) is 2.29. The third-order valence-electron chi connectivity index (χ3n) is 4.28. The van der Waals surface area contributed by atoms with Crippen LogP contribution in [0.4, 0.5) is 0 Å². The minimum Gasteiger partial charge on any atom is -0.348 e. The van der Waals surface area contributed by atoms with E-state index in [2.05, 4.69) is 15.4 Å². The van der Waals surface area contributed by atoms with Crippen molar-refractivity contribution >= 4 is 27.5 Å². The Morgan fingerprint density at radius 2 is 2.11 bits per heavy atom. The van der Waals surface area contributed by atoms with E-state index in [1.54, 1.807) is 16.9 Å². The average molecular weight is 379 g/mol. The fourth-order valence-electron chi connectivity index (χ4n) is 2.98. The van der Waals surface area contributed by atoms with Crippen molar-refractivity contribution in [2.24, 2.45) is 0 Å². The van der Waals surface area contributed by atoms with E-state index < -0.39 is 0 Å². The van der Waals surface area contributed by atoms with E-state index in [9.17, 15) is 9.59 Å². The van der Waals surface area contributed by atoms with Crippen LogP contribution in [0.3, 0.4) is 0 Å². The number of carbonyl (C=O) groups excluding carboxylic acids is 1. The molecule has 1 aromatic carbocycles. The fraction of sp³-hybridized carbons (Fsp3) is 0.158. The van der Waals surface area contributed by atoms with E-state index in [1.807, 2.05) is 48.8 Å². The molecule has 4 aromatic rings. The SMILES string of the molecule is C[C@@H](NC(=O)Cn1cnc2ccsc2c1=O)c1ccccc1-n1cccn1. The van der Waals surface area contributed by atoms with Crippen molar-refractivity contribution in [1.29, 1.82) is 0 Å². The van der Waals surface area contributed by atoms with E-state index in [4.69, 9.17) is 0 Å². The Morgan fingerprint density at radius 1 is 1.26 bits per heavy atom. The summed E-state index contributed by atoms with van der Waals surface area (Å²) in [5, 5.41) is 9.03. The van der Waals surface area contributed by atoms with Crippen molar-refractivity contribution < 1.29 is 4.79 Å². The molecule has 3 aromatic heterocycles. The van der Waals surface area contributed by atoms with Crippen LogP contribution in [0, 0.1) is 0 Å². The van der Waals surface area contributed by atoms with Crippen LogP contribution in [0.15, 0.2) is 65.3 Å². The summed E-state index contributed by atoms with van der Waals surface area (Å²) in [4.78, 5) is 29.2. The number of hydrogen-bond donors (Lipinski definition) is 1. The highest BCUT2D eigenvalue weighted by Crippen LogP contribution is 2.21. The van der Waals surface area contributed by atoms with Crippen LogP contribution >= 0.6 is 11.3 Å². The van der Waals surface area contributed by atoms with Gasteiger partial charge in [-0.1, -0.05) is 18.2 Å². The maximum Gasteiger partial charge on any atom is 0.271 e. The first-order valence-electron chi connectivity index (χ1n) is 8.44. The number of amides is 1. The topological polar surface area (TPSA) is 81.8 Å². The molecule has 7 nitrogen and oxygen atoms in total. The predicted octanol–water partition coefficient (Wildman–Crippen LogP) is 2.52. The second kappa shape index (κ2) is 7.16. The van der Waals surface area contributed by atoms with Gasteiger partial charge in [0.1, 0.15) is 11.2 Å². The molecule has 0 fully saturated rings. The predicted molar refractivity (Wildman–Crippen MR) is 104 cm³/mol. The Bertz CT molecular complexity index is 1150. The van der Waals surface area contributed by atoms with Gasteiger partial charge in [0.05, 0.1) is 23.6 Å². The molecule has 1 atom stereocenters. The van der Waals surface area contributed by atoms with Gasteiger partial charge in [-0.3, -0.25) is 14.2 Å². The third-order valence-corrected chi connectivity index (χ3v) is 5.17. The van der Waals surface area contributed by atoms with Crippen molar-refractivity contribution in [1.82, 2.24) is 24.6 Å². The quantitative estimate of drug-likeness (QED) is 0.578. The molecule has 136 valence electrons. The number of hydrogen-bond acceptors (Lipinski definition) is 5. The maximum atomic E-state index is 12.5. The van der Waals surface area contributed by atoms with Crippen molar-refractivity contribution in [3.63, 3.8) is 0 Å². The van der Waals surface area contributed by atoms with Crippen molar-refractivity contribution in [3.8, 4) is 5.69 Å². The number of rotatable bonds is 5. The highest BCUT2D eigenvalue weighted by Gasteiger charge is 2.15. The molecule has 27 heavy (non-hydrogen) atoms. The molecule has 8 heteroatoms. The van der Waals surface area contributed by atoms with Gasteiger partial charge >= 0.3 is 0 Å². The van der Waals surface area contributed by atoms with Crippen LogP contribution in [-0.2, 0) is 11.3 Å². The summed E-state index contributed by atoms with van der Waals surface area (Å²) < 4.78 is 3.65. The number of carbonyl (C=O) groups is 1. The lowest BCUT2D eigenvalue weighted by molar-refractivity contribution is -0.122. The van der Waals surface area contributed by atoms with Gasteiger partial charge in [0.25, 0.3) is 5.56 Å². The Kier molecular flexibility index (Phi) is 4.55. The van der Waals surface area contributed by atoms with Crippen LogP contribution in [0.2, 0.25) is 0 Å². The second-order valence-corrected chi connectivity index (χ2v) is 7.03. The van der Waals surface area contributed by atoms with Gasteiger partial charge in [-0.25, -0.2) is 9.67 Å². The Labute approximate surface area is 158 Å². The zero-order valence-electron chi connectivity index (χ0n) is 14.6. The lowest BCUT2D eigenvalue weighted by Crippen LogP contribution is -2.34. The summed E-state index contributed by atoms with van der Waals surface area (Å²) in [7, 11) is 0. The Morgan fingerprint density at radius 3 is 2.93 bits per heavy atom. The van der Waals surface area contributed by atoms with Crippen LogP contribution in [0.5, 0.6) is 0 Å². The summed E-state index contributed by atoms with van der Waals surface area (Å²) >= 11 is 1.33. The monoisotopic (exact) mass is 379 g/mol. The van der Waals surface area contributed by atoms with Crippen molar-refractivity contribution in [3.05, 3.63) is 76.4 Å². The molecule has 0 bridgehead atoms. The van der Waals surface area contributed by atoms with Gasteiger partial charge in [0.2, 0.25) is 5.91 Å². The van der Waals surface area contributed by atoms with E-state index >= 15 is 0 Å². The number of nitrogens with one attached hydrogen (secondary N) is 1. The van der Waals surface area contributed by atoms with Crippen LogP contribution in [0.25, 0.3) is 15.9 Å². The van der Waals surface area contributed by atoms with E-state index in [0.717, 1.165) is 11.3 Å². The molecule has 1 amide bonds. The first kappa shape index (κ1) is 17.2. The fourth-order valence-corrected chi connectivity index (χ4v) is 3.78. The number of benzene rings is 1. The number of thiophene rings is 1. The van der Waals surface area contributed by atoms with Gasteiger partial charge in [0, 0.05) is 12.4 Å². The standard InChI is InChI=1S/C19H17N5O2S/c1-13(14-5-2-3-6-16(14)24-9-4-8-21-24)22-17(25)11-23-12-20-15-7-10-27-18(15)19(23)26/h2-10,12-13H,11H2,1H3,(H,22,25)/t13-/m1/s1. The first-order chi connectivity index (χ1) is 13.1. The van der Waals surface area contributed by atoms with Gasteiger partial charge in [-0.05, 0) is 36.1 Å². The summed E-state index contributed by atoms with van der Waals surface area (Å²) in [6.07, 6.45) is 4.98. The largest absolute Gasteiger partial charge is 0.348 e. The molecular formula is C19H17N5O2S. The summed E-state index contributed by atoms with van der Waals surface area (Å²) in [5.74, 6) is -0.252. The molecule has 0 saturated heterocycles. The van der Waals surface area contributed by atoms with E-state index in [0.29, 0.717) is 10.2 Å². The highest BCUT2D eigenvalue weighted by molar-refractivity contribution is 7.17. The molecule has 4 rings (SSSR count). The second-order valence-electron chi connectivity index (χ2n) is 6.11. The molecule has 1 N–H and O–H groups in total. The molecule has 0 aliphatic rings. The molecule has 0 unspecified atom stereocenters. The molecular weight excluding hydrogens is 362 g/mol. The highest BCUT2D eigenvalue weighted by atomic mass is 32.1. The smallest absolute Gasteiger partial charge is 0.271 e. The zero-order valence-corrected chi connectivity index (χ0v) is 15.4. The normalized spacial score (nSPS) is 12.2. The van der Waals surface area contributed by atoms with Crippen molar-refractivity contribution in [2.75, 3.05) is 0 Å². The number of aromatic nitrogens is 4. The van der Waals surface area contributed by atoms with Gasteiger partial charge in [-0.2, -0.15) is 5.10 Å². The minimum atomic E-state index is -0.252. The van der Waals surface area contributed by atoms with Crippen LogP contribution in [0.1, 0.15) is 18.5 Å². The van der Waals surface area contributed by atoms with Gasteiger partial charge in [-0.15, -0.1) is 11.3 Å². The Balaban J connectivity index is 1.53. The lowest BCUT2D eigenvalue weighted by atomic mass is 10.1. The summed E-state index contributed by atoms with van der Waals surface area (Å²) in [6, 6.07) is 11.1. The molecule has 0 saturated carbocycles. The van der Waals surface area contributed by atoms with Crippen molar-refractivity contribution in [2.45, 2.75) is 19.5 Å². The number of para-hydroxylation sites is 1. The minimum absolute atomic E-state index is 0.0754. The van der Waals surface area contributed by atoms with Gasteiger partial charge < -0.3 is 5.32 Å². The number of nitrogens with zero attached hydrogens (tertiary/aromatic N) is 4. The lowest BCUT2D eigenvalue weighted by Gasteiger charge is -2.18. The number of fused-ring (bicyclic) bond motifs is 1. The molecule has 0 radical (unpaired) electrons. The molecule has 0 spiro atoms. The summed E-state index contributed by atoms with van der Waals surface area (Å²) in [6.45, 7) is 1.83.